The molecule has 29 heavy (non-hydrogen) atoms. The first kappa shape index (κ1) is 20.4. The molecule has 0 saturated heterocycles. The van der Waals surface area contributed by atoms with Crippen molar-refractivity contribution in [3.63, 3.8) is 0 Å². The quantitative estimate of drug-likeness (QED) is 0.623. The third kappa shape index (κ3) is 4.35. The number of hydrogen-bond acceptors (Lipinski definition) is 4. The summed E-state index contributed by atoms with van der Waals surface area (Å²) in [7, 11) is 0. The van der Waals surface area contributed by atoms with Crippen LogP contribution in [0, 0.1) is 11.8 Å². The molecule has 1 aromatic carbocycles. The number of nitrogens with zero attached hydrogens (tertiary/aromatic N) is 3. The lowest BCUT2D eigenvalue weighted by Crippen LogP contribution is -2.46. The minimum atomic E-state index is -0.639. The van der Waals surface area contributed by atoms with E-state index in [1.54, 1.807) is 4.68 Å². The van der Waals surface area contributed by atoms with Crippen molar-refractivity contribution >= 4 is 16.9 Å². The number of ether oxygens (including phenoxy) is 1. The Morgan fingerprint density at radius 1 is 1.07 bits per heavy atom. The topological polar surface area (TPSA) is 60.2 Å². The van der Waals surface area contributed by atoms with Gasteiger partial charge in [0, 0.05) is 6.42 Å². The third-order valence-electron chi connectivity index (χ3n) is 7.08. The van der Waals surface area contributed by atoms with Crippen molar-refractivity contribution in [1.29, 1.82) is 0 Å². The van der Waals surface area contributed by atoms with E-state index < -0.39 is 5.60 Å². The van der Waals surface area contributed by atoms with E-state index in [0.29, 0.717) is 30.7 Å². The van der Waals surface area contributed by atoms with Gasteiger partial charge in [-0.3, -0.25) is 0 Å². The Hall–Kier alpha value is -1.88. The largest absolute Gasteiger partial charge is 0.478 e. The fourth-order valence-electron chi connectivity index (χ4n) is 5.51. The second kappa shape index (κ2) is 9.29. The van der Waals surface area contributed by atoms with E-state index in [2.05, 4.69) is 16.4 Å². The minimum absolute atomic E-state index is 0.394. The van der Waals surface area contributed by atoms with Crippen LogP contribution in [0.5, 0.6) is 0 Å². The van der Waals surface area contributed by atoms with Gasteiger partial charge in [-0.05, 0) is 62.7 Å². The highest BCUT2D eigenvalue weighted by Crippen LogP contribution is 2.45. The number of hydrogen-bond donors (Lipinski definition) is 1. The third-order valence-corrected chi connectivity index (χ3v) is 7.08. The summed E-state index contributed by atoms with van der Waals surface area (Å²) in [6.45, 7) is 2.55. The average molecular weight is 398 g/mol. The predicted molar refractivity (Wildman–Crippen MR) is 116 cm³/mol. The van der Waals surface area contributed by atoms with Crippen LogP contribution >= 0.6 is 0 Å². The molecule has 2 saturated carbocycles. The maximum Gasteiger partial charge on any atom is 0.212 e. The summed E-state index contributed by atoms with van der Waals surface area (Å²) in [6.07, 6.45) is 14.9. The lowest BCUT2D eigenvalue weighted by atomic mass is 9.65. The van der Waals surface area contributed by atoms with Gasteiger partial charge in [-0.1, -0.05) is 55.9 Å². The number of benzene rings is 1. The van der Waals surface area contributed by atoms with Gasteiger partial charge in [-0.15, -0.1) is 5.10 Å². The second-order valence-electron chi connectivity index (χ2n) is 8.83. The van der Waals surface area contributed by atoms with Gasteiger partial charge in [0.15, 0.2) is 0 Å². The lowest BCUT2D eigenvalue weighted by Gasteiger charge is -2.45. The molecule has 2 aliphatic carbocycles. The molecule has 2 aromatic rings. The first-order valence-electron chi connectivity index (χ1n) is 11.6. The molecule has 0 aliphatic heterocycles. The first-order valence-corrected chi connectivity index (χ1v) is 11.6. The molecule has 1 heterocycles. The van der Waals surface area contributed by atoms with Crippen molar-refractivity contribution in [3.05, 3.63) is 30.3 Å². The Kier molecular flexibility index (Phi) is 6.53. The van der Waals surface area contributed by atoms with Gasteiger partial charge in [-0.2, -0.15) is 4.68 Å². The molecular weight excluding hydrogens is 362 g/mol. The lowest BCUT2D eigenvalue weighted by molar-refractivity contribution is -0.0895. The van der Waals surface area contributed by atoms with E-state index in [4.69, 9.17) is 4.74 Å². The maximum atomic E-state index is 12.0. The Labute approximate surface area is 174 Å². The molecule has 5 heteroatoms. The summed E-state index contributed by atoms with van der Waals surface area (Å²) < 4.78 is 7.75. The fourth-order valence-corrected chi connectivity index (χ4v) is 5.51. The van der Waals surface area contributed by atoms with Crippen LogP contribution in [0.1, 0.15) is 77.6 Å². The zero-order chi connectivity index (χ0) is 20.1. The molecule has 0 bridgehead atoms. The number of para-hydroxylation sites is 1. The van der Waals surface area contributed by atoms with Crippen LogP contribution in [0.15, 0.2) is 30.3 Å². The van der Waals surface area contributed by atoms with E-state index in [1.165, 1.54) is 38.5 Å². The van der Waals surface area contributed by atoms with Gasteiger partial charge in [0.1, 0.15) is 5.52 Å². The van der Waals surface area contributed by atoms with E-state index in [0.717, 1.165) is 36.7 Å². The Morgan fingerprint density at radius 3 is 2.31 bits per heavy atom. The molecule has 1 N–H and O–H groups in total. The van der Waals surface area contributed by atoms with Gasteiger partial charge in [-0.25, -0.2) is 0 Å². The number of fused-ring (bicyclic) bond motifs is 1. The van der Waals surface area contributed by atoms with Crippen LogP contribution in [-0.2, 0) is 4.74 Å². The Balaban J connectivity index is 1.64. The molecular formula is C24H35N3O2. The highest BCUT2D eigenvalue weighted by atomic mass is 16.5. The van der Waals surface area contributed by atoms with Crippen LogP contribution < -0.4 is 0 Å². The number of aliphatic hydroxyl groups is 1. The van der Waals surface area contributed by atoms with E-state index in [9.17, 15) is 5.11 Å². The van der Waals surface area contributed by atoms with Crippen LogP contribution in [0.2, 0.25) is 0 Å². The molecule has 0 spiro atoms. The summed E-state index contributed by atoms with van der Waals surface area (Å²) in [5, 5.41) is 20.7. The molecule has 4 rings (SSSR count). The monoisotopic (exact) mass is 397 g/mol. The molecule has 158 valence electrons. The molecule has 2 fully saturated rings. The average Bonchev–Trinajstić information content (AvgIpc) is 3.22. The molecule has 2 aliphatic rings. The maximum absolute atomic E-state index is 12.0. The van der Waals surface area contributed by atoms with E-state index in [1.807, 2.05) is 31.2 Å². The van der Waals surface area contributed by atoms with Crippen LogP contribution in [-0.4, -0.2) is 32.3 Å². The minimum Gasteiger partial charge on any atom is -0.478 e. The van der Waals surface area contributed by atoms with Crippen molar-refractivity contribution in [2.24, 2.45) is 11.8 Å². The van der Waals surface area contributed by atoms with Crippen molar-refractivity contribution in [3.8, 4) is 0 Å². The van der Waals surface area contributed by atoms with Gasteiger partial charge in [0.2, 0.25) is 5.88 Å². The summed E-state index contributed by atoms with van der Waals surface area (Å²) in [5.41, 5.74) is 1.15. The Bertz CT molecular complexity index is 798. The number of aromatic nitrogens is 3. The first-order chi connectivity index (χ1) is 14.2. The summed E-state index contributed by atoms with van der Waals surface area (Å²) in [5.74, 6) is 1.48. The van der Waals surface area contributed by atoms with E-state index in [-0.39, 0.29) is 0 Å². The van der Waals surface area contributed by atoms with Gasteiger partial charge >= 0.3 is 0 Å². The zero-order valence-corrected chi connectivity index (χ0v) is 17.7. The van der Waals surface area contributed by atoms with Gasteiger partial charge < -0.3 is 9.84 Å². The zero-order valence-electron chi connectivity index (χ0n) is 17.7. The van der Waals surface area contributed by atoms with Gasteiger partial charge in [0.25, 0.3) is 0 Å². The molecule has 0 unspecified atom stereocenters. The van der Waals surface area contributed by atoms with Crippen molar-refractivity contribution in [1.82, 2.24) is 15.0 Å². The molecule has 0 radical (unpaired) electrons. The van der Waals surface area contributed by atoms with Crippen molar-refractivity contribution in [2.75, 3.05) is 6.61 Å². The predicted octanol–water partition coefficient (Wildman–Crippen LogP) is 5.55. The molecule has 5 nitrogen and oxygen atoms in total. The SMILES string of the molecule is CCO/C(=C/CC(O)(C1CCCCC1)C1CCCCC1)n1nnc2ccccc21. The van der Waals surface area contributed by atoms with Gasteiger partial charge in [0.05, 0.1) is 17.7 Å². The smallest absolute Gasteiger partial charge is 0.212 e. The van der Waals surface area contributed by atoms with Crippen molar-refractivity contribution in [2.45, 2.75) is 83.2 Å². The van der Waals surface area contributed by atoms with Crippen LogP contribution in [0.3, 0.4) is 0 Å². The van der Waals surface area contributed by atoms with Crippen LogP contribution in [0.25, 0.3) is 16.9 Å². The Morgan fingerprint density at radius 2 is 1.69 bits per heavy atom. The second-order valence-corrected chi connectivity index (χ2v) is 8.83. The summed E-state index contributed by atoms with van der Waals surface area (Å²) in [6, 6.07) is 7.93. The molecule has 0 amide bonds. The van der Waals surface area contributed by atoms with E-state index >= 15 is 0 Å². The standard InChI is InChI=1S/C24H35N3O2/c1-2-29-23(27-22-16-10-9-15-21(22)25-26-27)17-18-24(28,19-11-5-3-6-12-19)20-13-7-4-8-14-20/h9-10,15-17,19-20,28H,2-8,11-14,18H2,1H3/b23-17+. The summed E-state index contributed by atoms with van der Waals surface area (Å²) >= 11 is 0. The fraction of sp³-hybridized carbons (Fsp3) is 0.667. The van der Waals surface area contributed by atoms with Crippen LogP contribution in [0.4, 0.5) is 0 Å². The molecule has 1 aromatic heterocycles. The normalized spacial score (nSPS) is 20.3. The number of rotatable bonds is 7. The highest BCUT2D eigenvalue weighted by molar-refractivity contribution is 5.76. The molecule has 0 atom stereocenters. The summed E-state index contributed by atoms with van der Waals surface area (Å²) in [4.78, 5) is 0. The highest BCUT2D eigenvalue weighted by Gasteiger charge is 2.43. The van der Waals surface area contributed by atoms with Crippen molar-refractivity contribution < 1.29 is 9.84 Å².